The van der Waals surface area contributed by atoms with Gasteiger partial charge in [0.05, 0.1) is 4.92 Å². The van der Waals surface area contributed by atoms with Gasteiger partial charge in [-0.2, -0.15) is 0 Å². The van der Waals surface area contributed by atoms with E-state index in [0.29, 0.717) is 13.1 Å². The van der Waals surface area contributed by atoms with Crippen molar-refractivity contribution in [1.29, 1.82) is 0 Å². The fraction of sp³-hybridized carbons (Fsp3) is 0.417. The van der Waals surface area contributed by atoms with Crippen LogP contribution in [0.3, 0.4) is 0 Å². The number of rotatable bonds is 6. The first-order valence-electron chi connectivity index (χ1n) is 5.80. The molecule has 0 saturated heterocycles. The minimum Gasteiger partial charge on any atom is -0.337 e. The highest BCUT2D eigenvalue weighted by molar-refractivity contribution is 6.31. The van der Waals surface area contributed by atoms with E-state index in [1.54, 1.807) is 0 Å². The number of nitrogens with zero attached hydrogens (tertiary/aromatic N) is 2. The highest BCUT2D eigenvalue weighted by Crippen LogP contribution is 2.24. The molecule has 0 fully saturated rings. The molecule has 0 heterocycles. The van der Waals surface area contributed by atoms with Crippen LogP contribution >= 0.6 is 23.2 Å². The predicted octanol–water partition coefficient (Wildman–Crippen LogP) is 3.34. The molecule has 0 aromatic heterocycles. The van der Waals surface area contributed by atoms with Crippen LogP contribution in [0.5, 0.6) is 0 Å². The molecular weight excluding hydrogens is 291 g/mol. The van der Waals surface area contributed by atoms with Gasteiger partial charge in [-0.15, -0.1) is 11.6 Å². The highest BCUT2D eigenvalue weighted by atomic mass is 35.5. The zero-order valence-corrected chi connectivity index (χ0v) is 11.9. The summed E-state index contributed by atoms with van der Waals surface area (Å²) in [6.07, 6.45) is 0.747. The summed E-state index contributed by atoms with van der Waals surface area (Å²) in [7, 11) is 0. The Labute approximate surface area is 121 Å². The zero-order chi connectivity index (χ0) is 14.4. The van der Waals surface area contributed by atoms with Crippen molar-refractivity contribution >= 4 is 34.8 Å². The van der Waals surface area contributed by atoms with Crippen LogP contribution in [0.2, 0.25) is 5.02 Å². The van der Waals surface area contributed by atoms with E-state index in [0.717, 1.165) is 6.42 Å². The number of alkyl halides is 1. The fourth-order valence-electron chi connectivity index (χ4n) is 1.70. The molecule has 0 radical (unpaired) electrons. The Morgan fingerprint density at radius 1 is 1.42 bits per heavy atom. The Morgan fingerprint density at radius 3 is 2.63 bits per heavy atom. The molecule has 0 saturated carbocycles. The van der Waals surface area contributed by atoms with Crippen LogP contribution in [0.15, 0.2) is 18.2 Å². The zero-order valence-electron chi connectivity index (χ0n) is 10.4. The van der Waals surface area contributed by atoms with Gasteiger partial charge in [0, 0.05) is 30.1 Å². The summed E-state index contributed by atoms with van der Waals surface area (Å²) in [5.41, 5.74) is -0.249. The minimum atomic E-state index is -0.589. The van der Waals surface area contributed by atoms with Gasteiger partial charge in [0.25, 0.3) is 11.6 Å². The lowest BCUT2D eigenvalue weighted by molar-refractivity contribution is -0.385. The van der Waals surface area contributed by atoms with Gasteiger partial charge in [0.15, 0.2) is 0 Å². The van der Waals surface area contributed by atoms with Crippen molar-refractivity contribution in [3.8, 4) is 0 Å². The molecule has 5 nitrogen and oxygen atoms in total. The Kier molecular flexibility index (Phi) is 6.05. The standard InChI is InChI=1S/C12H14Cl2N2O3/c1-2-6-15(7-5-13)12(17)10-8-9(14)3-4-11(10)16(18)19/h3-4,8H,2,5-7H2,1H3. The van der Waals surface area contributed by atoms with Gasteiger partial charge in [-0.25, -0.2) is 0 Å². The molecule has 1 aromatic rings. The quantitative estimate of drug-likeness (QED) is 0.460. The summed E-state index contributed by atoms with van der Waals surface area (Å²) < 4.78 is 0. The summed E-state index contributed by atoms with van der Waals surface area (Å²) in [4.78, 5) is 24.2. The predicted molar refractivity (Wildman–Crippen MR) is 75.0 cm³/mol. The molecule has 0 aliphatic heterocycles. The Morgan fingerprint density at radius 2 is 2.11 bits per heavy atom. The molecule has 1 rings (SSSR count). The maximum absolute atomic E-state index is 12.3. The molecule has 0 aliphatic rings. The van der Waals surface area contributed by atoms with E-state index in [1.807, 2.05) is 6.92 Å². The van der Waals surface area contributed by atoms with Gasteiger partial charge in [0.2, 0.25) is 0 Å². The maximum atomic E-state index is 12.3. The number of nitro benzene ring substituents is 1. The second kappa shape index (κ2) is 7.31. The molecule has 1 aromatic carbocycles. The molecule has 0 bridgehead atoms. The van der Waals surface area contributed by atoms with Gasteiger partial charge < -0.3 is 4.90 Å². The smallest absolute Gasteiger partial charge is 0.282 e. The number of nitro groups is 1. The molecule has 0 N–H and O–H groups in total. The molecule has 0 unspecified atom stereocenters. The van der Waals surface area contributed by atoms with Gasteiger partial charge >= 0.3 is 0 Å². The molecule has 19 heavy (non-hydrogen) atoms. The first-order chi connectivity index (χ1) is 9.01. The maximum Gasteiger partial charge on any atom is 0.282 e. The van der Waals surface area contributed by atoms with Crippen molar-refractivity contribution in [3.05, 3.63) is 38.9 Å². The first kappa shape index (κ1) is 15.7. The second-order valence-corrected chi connectivity index (χ2v) is 4.71. The van der Waals surface area contributed by atoms with Crippen molar-refractivity contribution in [2.45, 2.75) is 13.3 Å². The van der Waals surface area contributed by atoms with E-state index in [-0.39, 0.29) is 22.2 Å². The SMILES string of the molecule is CCCN(CCCl)C(=O)c1cc(Cl)ccc1[N+](=O)[O-]. The first-order valence-corrected chi connectivity index (χ1v) is 6.71. The molecule has 1 amide bonds. The molecule has 104 valence electrons. The second-order valence-electron chi connectivity index (χ2n) is 3.90. The minimum absolute atomic E-state index is 0.00364. The Balaban J connectivity index is 3.15. The summed E-state index contributed by atoms with van der Waals surface area (Å²) in [6.45, 7) is 2.76. The molecule has 0 aliphatic carbocycles. The van der Waals surface area contributed by atoms with E-state index >= 15 is 0 Å². The monoisotopic (exact) mass is 304 g/mol. The largest absolute Gasteiger partial charge is 0.337 e. The van der Waals surface area contributed by atoms with Gasteiger partial charge in [-0.05, 0) is 18.6 Å². The van der Waals surface area contributed by atoms with E-state index in [2.05, 4.69) is 0 Å². The van der Waals surface area contributed by atoms with E-state index in [9.17, 15) is 14.9 Å². The van der Waals surface area contributed by atoms with Gasteiger partial charge in [-0.3, -0.25) is 14.9 Å². The number of benzene rings is 1. The number of hydrogen-bond acceptors (Lipinski definition) is 3. The fourth-order valence-corrected chi connectivity index (χ4v) is 2.07. The van der Waals surface area contributed by atoms with Crippen LogP contribution in [0.4, 0.5) is 5.69 Å². The lowest BCUT2D eigenvalue weighted by Gasteiger charge is -2.20. The van der Waals surface area contributed by atoms with Gasteiger partial charge in [0.1, 0.15) is 5.56 Å². The van der Waals surface area contributed by atoms with Crippen molar-refractivity contribution in [1.82, 2.24) is 4.90 Å². The Bertz CT molecular complexity index is 474. The molecule has 0 atom stereocenters. The normalized spacial score (nSPS) is 10.3. The third kappa shape index (κ3) is 4.08. The third-order valence-electron chi connectivity index (χ3n) is 2.52. The summed E-state index contributed by atoms with van der Waals surface area (Å²) in [5, 5.41) is 11.2. The topological polar surface area (TPSA) is 63.5 Å². The van der Waals surface area contributed by atoms with Crippen LogP contribution in [-0.2, 0) is 0 Å². The van der Waals surface area contributed by atoms with E-state index in [4.69, 9.17) is 23.2 Å². The van der Waals surface area contributed by atoms with Crippen LogP contribution in [0, 0.1) is 10.1 Å². The van der Waals surface area contributed by atoms with Gasteiger partial charge in [-0.1, -0.05) is 18.5 Å². The Hall–Kier alpha value is -1.33. The number of carbonyl (C=O) groups excluding carboxylic acids is 1. The summed E-state index contributed by atoms with van der Waals surface area (Å²) >= 11 is 11.4. The summed E-state index contributed by atoms with van der Waals surface area (Å²) in [6, 6.07) is 3.95. The molecule has 7 heteroatoms. The van der Waals surface area contributed by atoms with E-state index in [1.165, 1.54) is 23.1 Å². The van der Waals surface area contributed by atoms with Crippen molar-refractivity contribution < 1.29 is 9.72 Å². The average Bonchev–Trinajstić information content (AvgIpc) is 2.37. The highest BCUT2D eigenvalue weighted by Gasteiger charge is 2.24. The van der Waals surface area contributed by atoms with E-state index < -0.39 is 10.8 Å². The van der Waals surface area contributed by atoms with Crippen molar-refractivity contribution in [2.75, 3.05) is 19.0 Å². The average molecular weight is 305 g/mol. The lowest BCUT2D eigenvalue weighted by Crippen LogP contribution is -2.33. The molecular formula is C12H14Cl2N2O3. The number of carbonyl (C=O) groups is 1. The van der Waals surface area contributed by atoms with Crippen LogP contribution < -0.4 is 0 Å². The number of halogens is 2. The van der Waals surface area contributed by atoms with Crippen molar-refractivity contribution in [2.24, 2.45) is 0 Å². The van der Waals surface area contributed by atoms with Crippen LogP contribution in [0.25, 0.3) is 0 Å². The van der Waals surface area contributed by atoms with Crippen LogP contribution in [-0.4, -0.2) is 34.7 Å². The summed E-state index contributed by atoms with van der Waals surface area (Å²) in [5.74, 6) is -0.142. The third-order valence-corrected chi connectivity index (χ3v) is 2.93. The molecule has 0 spiro atoms. The number of amides is 1. The van der Waals surface area contributed by atoms with Crippen LogP contribution in [0.1, 0.15) is 23.7 Å². The number of hydrogen-bond donors (Lipinski definition) is 0. The van der Waals surface area contributed by atoms with Crippen molar-refractivity contribution in [3.63, 3.8) is 0 Å². The lowest BCUT2D eigenvalue weighted by atomic mass is 10.1.